The Kier molecular flexibility index (Phi) is 5.26. The summed E-state index contributed by atoms with van der Waals surface area (Å²) in [5.74, 6) is 0.868. The fourth-order valence-corrected chi connectivity index (χ4v) is 3.20. The number of hydrogen-bond donors (Lipinski definition) is 1. The van der Waals surface area contributed by atoms with Crippen LogP contribution in [0.3, 0.4) is 0 Å². The van der Waals surface area contributed by atoms with E-state index in [4.69, 9.17) is 0 Å². The molecule has 2 rings (SSSR count). The highest BCUT2D eigenvalue weighted by Crippen LogP contribution is 2.28. The zero-order valence-electron chi connectivity index (χ0n) is 12.7. The first-order chi connectivity index (χ1) is 9.20. The highest BCUT2D eigenvalue weighted by Gasteiger charge is 2.25. The van der Waals surface area contributed by atoms with Gasteiger partial charge in [0.25, 0.3) is 0 Å². The maximum absolute atomic E-state index is 3.69. The van der Waals surface area contributed by atoms with Gasteiger partial charge >= 0.3 is 0 Å². The van der Waals surface area contributed by atoms with Crippen LogP contribution in [0.25, 0.3) is 0 Å². The normalized spacial score (nSPS) is 17.6. The van der Waals surface area contributed by atoms with E-state index in [1.54, 1.807) is 0 Å². The minimum atomic E-state index is 0.638. The lowest BCUT2D eigenvalue weighted by atomic mass is 9.97. The first kappa shape index (κ1) is 14.4. The number of aryl methyl sites for hydroxylation is 1. The molecular formula is C17H28N2. The molecule has 0 aliphatic heterocycles. The SMILES string of the molecule is CCNC(CN(C)c1ccc(C)cc1)C1CCCC1. The van der Waals surface area contributed by atoms with Crippen molar-refractivity contribution in [1.82, 2.24) is 5.32 Å². The van der Waals surface area contributed by atoms with Crippen molar-refractivity contribution in [3.8, 4) is 0 Å². The van der Waals surface area contributed by atoms with Gasteiger partial charge in [0.1, 0.15) is 0 Å². The van der Waals surface area contributed by atoms with Crippen LogP contribution in [-0.2, 0) is 0 Å². The Bertz CT molecular complexity index is 365. The van der Waals surface area contributed by atoms with Crippen LogP contribution in [0, 0.1) is 12.8 Å². The second-order valence-electron chi connectivity index (χ2n) is 5.92. The van der Waals surface area contributed by atoms with E-state index in [-0.39, 0.29) is 0 Å². The highest BCUT2D eigenvalue weighted by molar-refractivity contribution is 5.46. The molecule has 0 bridgehead atoms. The first-order valence-electron chi connectivity index (χ1n) is 7.72. The fourth-order valence-electron chi connectivity index (χ4n) is 3.20. The van der Waals surface area contributed by atoms with Gasteiger partial charge in [-0.15, -0.1) is 0 Å². The van der Waals surface area contributed by atoms with E-state index in [9.17, 15) is 0 Å². The van der Waals surface area contributed by atoms with Gasteiger partial charge in [-0.25, -0.2) is 0 Å². The molecule has 0 aromatic heterocycles. The molecule has 1 aromatic carbocycles. The lowest BCUT2D eigenvalue weighted by Crippen LogP contribution is -2.44. The van der Waals surface area contributed by atoms with Crippen molar-refractivity contribution in [3.05, 3.63) is 29.8 Å². The van der Waals surface area contributed by atoms with Crippen LogP contribution in [0.1, 0.15) is 38.2 Å². The summed E-state index contributed by atoms with van der Waals surface area (Å²) >= 11 is 0. The molecule has 0 saturated heterocycles. The van der Waals surface area contributed by atoms with Crippen LogP contribution < -0.4 is 10.2 Å². The van der Waals surface area contributed by atoms with E-state index in [0.29, 0.717) is 6.04 Å². The predicted octanol–water partition coefficient (Wildman–Crippen LogP) is 3.60. The Morgan fingerprint density at radius 2 is 1.84 bits per heavy atom. The number of benzene rings is 1. The smallest absolute Gasteiger partial charge is 0.0364 e. The summed E-state index contributed by atoms with van der Waals surface area (Å²) in [6.45, 7) is 6.54. The van der Waals surface area contributed by atoms with E-state index in [1.165, 1.54) is 36.9 Å². The molecule has 1 saturated carbocycles. The molecule has 2 nitrogen and oxygen atoms in total. The largest absolute Gasteiger partial charge is 0.373 e. The lowest BCUT2D eigenvalue weighted by molar-refractivity contribution is 0.367. The third-order valence-corrected chi connectivity index (χ3v) is 4.38. The van der Waals surface area contributed by atoms with Gasteiger partial charge in [-0.05, 0) is 44.4 Å². The summed E-state index contributed by atoms with van der Waals surface area (Å²) in [4.78, 5) is 2.39. The van der Waals surface area contributed by atoms with Gasteiger partial charge in [-0.3, -0.25) is 0 Å². The Labute approximate surface area is 118 Å². The lowest BCUT2D eigenvalue weighted by Gasteiger charge is -2.30. The molecule has 1 aromatic rings. The number of likely N-dealkylation sites (N-methyl/N-ethyl adjacent to an activating group) is 2. The van der Waals surface area contributed by atoms with Crippen molar-refractivity contribution in [2.24, 2.45) is 5.92 Å². The summed E-state index contributed by atoms with van der Waals surface area (Å²) < 4.78 is 0. The number of rotatable bonds is 6. The minimum absolute atomic E-state index is 0.638. The zero-order valence-corrected chi connectivity index (χ0v) is 12.7. The third kappa shape index (κ3) is 3.97. The van der Waals surface area contributed by atoms with Crippen LogP contribution >= 0.6 is 0 Å². The first-order valence-corrected chi connectivity index (χ1v) is 7.72. The second-order valence-corrected chi connectivity index (χ2v) is 5.92. The molecule has 1 fully saturated rings. The molecule has 1 aliphatic rings. The van der Waals surface area contributed by atoms with Gasteiger partial charge in [-0.2, -0.15) is 0 Å². The predicted molar refractivity (Wildman–Crippen MR) is 83.9 cm³/mol. The Hall–Kier alpha value is -1.02. The molecule has 0 heterocycles. The maximum Gasteiger partial charge on any atom is 0.0364 e. The molecule has 1 aliphatic carbocycles. The third-order valence-electron chi connectivity index (χ3n) is 4.38. The summed E-state index contributed by atoms with van der Waals surface area (Å²) in [5.41, 5.74) is 2.66. The topological polar surface area (TPSA) is 15.3 Å². The van der Waals surface area contributed by atoms with Crippen LogP contribution in [0.5, 0.6) is 0 Å². The van der Waals surface area contributed by atoms with E-state index in [0.717, 1.165) is 19.0 Å². The maximum atomic E-state index is 3.69. The molecule has 19 heavy (non-hydrogen) atoms. The summed E-state index contributed by atoms with van der Waals surface area (Å²) in [6, 6.07) is 9.49. The van der Waals surface area contributed by atoms with Crippen molar-refractivity contribution >= 4 is 5.69 Å². The van der Waals surface area contributed by atoms with Crippen molar-refractivity contribution in [1.29, 1.82) is 0 Å². The molecular weight excluding hydrogens is 232 g/mol. The molecule has 0 amide bonds. The van der Waals surface area contributed by atoms with Gasteiger partial charge < -0.3 is 10.2 Å². The fraction of sp³-hybridized carbons (Fsp3) is 0.647. The van der Waals surface area contributed by atoms with Crippen molar-refractivity contribution in [3.63, 3.8) is 0 Å². The van der Waals surface area contributed by atoms with Crippen LogP contribution in [-0.4, -0.2) is 26.2 Å². The number of nitrogens with zero attached hydrogens (tertiary/aromatic N) is 1. The molecule has 1 unspecified atom stereocenters. The molecule has 0 radical (unpaired) electrons. The van der Waals surface area contributed by atoms with Gasteiger partial charge in [0.15, 0.2) is 0 Å². The Morgan fingerprint density at radius 3 is 2.42 bits per heavy atom. The van der Waals surface area contributed by atoms with E-state index in [2.05, 4.69) is 55.4 Å². The van der Waals surface area contributed by atoms with Gasteiger partial charge in [-0.1, -0.05) is 37.5 Å². The van der Waals surface area contributed by atoms with Crippen molar-refractivity contribution in [2.45, 2.75) is 45.6 Å². The summed E-state index contributed by atoms with van der Waals surface area (Å²) in [7, 11) is 2.21. The van der Waals surface area contributed by atoms with Gasteiger partial charge in [0.2, 0.25) is 0 Å². The average Bonchev–Trinajstić information content (AvgIpc) is 2.92. The standard InChI is InChI=1S/C17H28N2/c1-4-18-17(15-7-5-6-8-15)13-19(3)16-11-9-14(2)10-12-16/h9-12,15,17-18H,4-8,13H2,1-3H3. The molecule has 1 atom stereocenters. The van der Waals surface area contributed by atoms with Gasteiger partial charge in [0.05, 0.1) is 0 Å². The molecule has 0 spiro atoms. The highest BCUT2D eigenvalue weighted by atomic mass is 15.1. The van der Waals surface area contributed by atoms with E-state index in [1.807, 2.05) is 0 Å². The van der Waals surface area contributed by atoms with Crippen molar-refractivity contribution < 1.29 is 0 Å². The second kappa shape index (κ2) is 6.95. The zero-order chi connectivity index (χ0) is 13.7. The van der Waals surface area contributed by atoms with Crippen LogP contribution in [0.2, 0.25) is 0 Å². The Morgan fingerprint density at radius 1 is 1.21 bits per heavy atom. The average molecular weight is 260 g/mol. The molecule has 1 N–H and O–H groups in total. The van der Waals surface area contributed by atoms with Gasteiger partial charge in [0, 0.05) is 25.3 Å². The summed E-state index contributed by atoms with van der Waals surface area (Å²) in [5, 5.41) is 3.69. The quantitative estimate of drug-likeness (QED) is 0.840. The van der Waals surface area contributed by atoms with Crippen molar-refractivity contribution in [2.75, 3.05) is 25.0 Å². The van der Waals surface area contributed by atoms with Crippen LogP contribution in [0.15, 0.2) is 24.3 Å². The van der Waals surface area contributed by atoms with E-state index >= 15 is 0 Å². The molecule has 2 heteroatoms. The summed E-state index contributed by atoms with van der Waals surface area (Å²) in [6.07, 6.45) is 5.64. The number of anilines is 1. The number of nitrogens with one attached hydrogen (secondary N) is 1. The Balaban J connectivity index is 1.97. The minimum Gasteiger partial charge on any atom is -0.373 e. The number of hydrogen-bond acceptors (Lipinski definition) is 2. The van der Waals surface area contributed by atoms with E-state index < -0.39 is 0 Å². The monoisotopic (exact) mass is 260 g/mol. The molecule has 106 valence electrons. The van der Waals surface area contributed by atoms with Crippen LogP contribution in [0.4, 0.5) is 5.69 Å².